The van der Waals surface area contributed by atoms with Crippen LogP contribution in [-0.2, 0) is 10.0 Å². The highest BCUT2D eigenvalue weighted by Gasteiger charge is 2.29. The molecule has 0 N–H and O–H groups in total. The third-order valence-corrected chi connectivity index (χ3v) is 6.80. The minimum atomic E-state index is -3.77. The lowest BCUT2D eigenvalue weighted by molar-refractivity contribution is 0.0759. The molecule has 28 heavy (non-hydrogen) atoms. The van der Waals surface area contributed by atoms with E-state index in [-0.39, 0.29) is 35.1 Å². The number of carbonyl (C=O) groups excluding carboxylic acids is 1. The second kappa shape index (κ2) is 8.46. The van der Waals surface area contributed by atoms with Gasteiger partial charge in [0.2, 0.25) is 10.0 Å². The van der Waals surface area contributed by atoms with Crippen LogP contribution in [0.4, 0.5) is 4.39 Å². The molecule has 150 valence electrons. The van der Waals surface area contributed by atoms with Gasteiger partial charge in [-0.25, -0.2) is 12.8 Å². The van der Waals surface area contributed by atoms with Crippen molar-refractivity contribution in [2.45, 2.75) is 11.3 Å². The fourth-order valence-electron chi connectivity index (χ4n) is 3.10. The standard InChI is InChI=1S/C19H20ClFN2O4S/c1-27-18-8-7-14(13-16(18)20)28(25,26)23-10-4-9-22(11-12-23)19(24)15-5-2-3-6-17(15)21/h2-3,5-8,13H,4,9-12H2,1H3. The van der Waals surface area contributed by atoms with Crippen LogP contribution in [0.5, 0.6) is 5.75 Å². The molecule has 0 aromatic heterocycles. The Labute approximate surface area is 168 Å². The van der Waals surface area contributed by atoms with Crippen molar-refractivity contribution in [3.63, 3.8) is 0 Å². The van der Waals surface area contributed by atoms with Crippen LogP contribution in [0.3, 0.4) is 0 Å². The zero-order chi connectivity index (χ0) is 20.3. The van der Waals surface area contributed by atoms with Crippen LogP contribution in [-0.4, -0.2) is 56.8 Å². The molecule has 0 aliphatic carbocycles. The topological polar surface area (TPSA) is 66.9 Å². The van der Waals surface area contributed by atoms with Crippen molar-refractivity contribution in [3.8, 4) is 5.75 Å². The monoisotopic (exact) mass is 426 g/mol. The predicted octanol–water partition coefficient (Wildman–Crippen LogP) is 3.02. The number of carbonyl (C=O) groups is 1. The van der Waals surface area contributed by atoms with Crippen LogP contribution in [0.15, 0.2) is 47.4 Å². The third kappa shape index (κ3) is 4.14. The van der Waals surface area contributed by atoms with E-state index in [1.165, 1.54) is 52.7 Å². The lowest BCUT2D eigenvalue weighted by atomic mass is 10.2. The lowest BCUT2D eigenvalue weighted by Crippen LogP contribution is -2.37. The average Bonchev–Trinajstić information content (AvgIpc) is 2.94. The van der Waals surface area contributed by atoms with Gasteiger partial charge in [0.05, 0.1) is 22.6 Å². The van der Waals surface area contributed by atoms with Crippen LogP contribution < -0.4 is 4.74 Å². The molecule has 0 saturated carbocycles. The summed E-state index contributed by atoms with van der Waals surface area (Å²) >= 11 is 6.06. The smallest absolute Gasteiger partial charge is 0.256 e. The summed E-state index contributed by atoms with van der Waals surface area (Å²) in [7, 11) is -2.32. The zero-order valence-corrected chi connectivity index (χ0v) is 16.8. The number of halogens is 2. The van der Waals surface area contributed by atoms with Gasteiger partial charge in [-0.05, 0) is 36.8 Å². The van der Waals surface area contributed by atoms with Crippen LogP contribution in [0.2, 0.25) is 5.02 Å². The maximum absolute atomic E-state index is 13.9. The number of rotatable bonds is 4. The van der Waals surface area contributed by atoms with Crippen LogP contribution in [0, 0.1) is 5.82 Å². The van der Waals surface area contributed by atoms with Crippen molar-refractivity contribution in [1.82, 2.24) is 9.21 Å². The van der Waals surface area contributed by atoms with Gasteiger partial charge in [-0.1, -0.05) is 23.7 Å². The highest BCUT2D eigenvalue weighted by atomic mass is 35.5. The molecule has 1 aliphatic heterocycles. The number of benzene rings is 2. The van der Waals surface area contributed by atoms with E-state index in [2.05, 4.69) is 0 Å². The Morgan fingerprint density at radius 1 is 1.11 bits per heavy atom. The molecule has 0 unspecified atom stereocenters. The van der Waals surface area contributed by atoms with Gasteiger partial charge >= 0.3 is 0 Å². The number of hydrogen-bond acceptors (Lipinski definition) is 4. The van der Waals surface area contributed by atoms with Crippen molar-refractivity contribution in [3.05, 3.63) is 58.9 Å². The first kappa shape index (κ1) is 20.6. The summed E-state index contributed by atoms with van der Waals surface area (Å²) in [6.07, 6.45) is 0.448. The Balaban J connectivity index is 1.77. The largest absolute Gasteiger partial charge is 0.495 e. The summed E-state index contributed by atoms with van der Waals surface area (Å²) in [6, 6.07) is 10.1. The SMILES string of the molecule is COc1ccc(S(=O)(=O)N2CCCN(C(=O)c3ccccc3F)CC2)cc1Cl. The summed E-state index contributed by atoms with van der Waals surface area (Å²) in [5.74, 6) is -0.642. The Kier molecular flexibility index (Phi) is 6.22. The molecule has 3 rings (SSSR count). The summed E-state index contributed by atoms with van der Waals surface area (Å²) in [4.78, 5) is 14.1. The first-order valence-electron chi connectivity index (χ1n) is 8.72. The molecular weight excluding hydrogens is 407 g/mol. The van der Waals surface area contributed by atoms with Crippen LogP contribution >= 0.6 is 11.6 Å². The van der Waals surface area contributed by atoms with Gasteiger partial charge in [-0.2, -0.15) is 4.31 Å². The molecule has 1 aliphatic rings. The first-order valence-corrected chi connectivity index (χ1v) is 10.5. The van der Waals surface area contributed by atoms with Crippen molar-refractivity contribution >= 4 is 27.5 Å². The molecule has 6 nitrogen and oxygen atoms in total. The molecule has 2 aromatic rings. The lowest BCUT2D eigenvalue weighted by Gasteiger charge is -2.22. The third-order valence-electron chi connectivity index (χ3n) is 4.61. The molecule has 1 amide bonds. The van der Waals surface area contributed by atoms with Crippen molar-refractivity contribution < 1.29 is 22.3 Å². The highest BCUT2D eigenvalue weighted by Crippen LogP contribution is 2.28. The van der Waals surface area contributed by atoms with Gasteiger partial charge in [0.1, 0.15) is 11.6 Å². The van der Waals surface area contributed by atoms with E-state index in [9.17, 15) is 17.6 Å². The van der Waals surface area contributed by atoms with Gasteiger partial charge in [-0.3, -0.25) is 4.79 Å². The summed E-state index contributed by atoms with van der Waals surface area (Å²) in [5, 5.41) is 0.203. The predicted molar refractivity (Wildman–Crippen MR) is 104 cm³/mol. The first-order chi connectivity index (χ1) is 13.3. The van der Waals surface area contributed by atoms with E-state index >= 15 is 0 Å². The van der Waals surface area contributed by atoms with Gasteiger partial charge in [0.15, 0.2) is 0 Å². The Morgan fingerprint density at radius 2 is 1.86 bits per heavy atom. The van der Waals surface area contributed by atoms with Crippen molar-refractivity contribution in [2.24, 2.45) is 0 Å². The van der Waals surface area contributed by atoms with E-state index in [0.29, 0.717) is 18.7 Å². The number of ether oxygens (including phenoxy) is 1. The number of sulfonamides is 1. The fourth-order valence-corrected chi connectivity index (χ4v) is 4.92. The normalized spacial score (nSPS) is 15.9. The molecule has 2 aromatic carbocycles. The Hall–Kier alpha value is -2.16. The molecule has 0 bridgehead atoms. The fraction of sp³-hybridized carbons (Fsp3) is 0.316. The molecular formula is C19H20ClFN2O4S. The molecule has 1 saturated heterocycles. The van der Waals surface area contributed by atoms with E-state index in [1.807, 2.05) is 0 Å². The zero-order valence-electron chi connectivity index (χ0n) is 15.3. The molecule has 1 heterocycles. The van der Waals surface area contributed by atoms with Gasteiger partial charge < -0.3 is 9.64 Å². The molecule has 1 fully saturated rings. The van der Waals surface area contributed by atoms with E-state index in [1.54, 1.807) is 6.07 Å². The van der Waals surface area contributed by atoms with Gasteiger partial charge in [0.25, 0.3) is 5.91 Å². The van der Waals surface area contributed by atoms with Crippen molar-refractivity contribution in [1.29, 1.82) is 0 Å². The van der Waals surface area contributed by atoms with Crippen molar-refractivity contribution in [2.75, 3.05) is 33.3 Å². The van der Waals surface area contributed by atoms with Gasteiger partial charge in [-0.15, -0.1) is 0 Å². The minimum absolute atomic E-state index is 0.0132. The van der Waals surface area contributed by atoms with Crippen LogP contribution in [0.25, 0.3) is 0 Å². The van der Waals surface area contributed by atoms with E-state index in [0.717, 1.165) is 0 Å². The molecule has 0 atom stereocenters. The second-order valence-corrected chi connectivity index (χ2v) is 8.67. The number of amides is 1. The molecule has 0 spiro atoms. The number of methoxy groups -OCH3 is 1. The summed E-state index contributed by atoms with van der Waals surface area (Å²) in [6.45, 7) is 0.901. The summed E-state index contributed by atoms with van der Waals surface area (Å²) < 4.78 is 46.2. The maximum Gasteiger partial charge on any atom is 0.256 e. The quantitative estimate of drug-likeness (QED) is 0.753. The number of nitrogens with zero attached hydrogens (tertiary/aromatic N) is 2. The Morgan fingerprint density at radius 3 is 2.54 bits per heavy atom. The number of hydrogen-bond donors (Lipinski definition) is 0. The second-order valence-electron chi connectivity index (χ2n) is 6.33. The summed E-state index contributed by atoms with van der Waals surface area (Å²) in [5.41, 5.74) is -0.0132. The highest BCUT2D eigenvalue weighted by molar-refractivity contribution is 7.89. The maximum atomic E-state index is 13.9. The molecule has 0 radical (unpaired) electrons. The minimum Gasteiger partial charge on any atom is -0.495 e. The van der Waals surface area contributed by atoms with Crippen LogP contribution in [0.1, 0.15) is 16.8 Å². The van der Waals surface area contributed by atoms with E-state index < -0.39 is 21.7 Å². The molecule has 9 heteroatoms. The van der Waals surface area contributed by atoms with Gasteiger partial charge in [0, 0.05) is 26.2 Å². The average molecular weight is 427 g/mol. The van der Waals surface area contributed by atoms with E-state index in [4.69, 9.17) is 16.3 Å². The Bertz CT molecular complexity index is 984.